The number of alkyl halides is 7. The highest BCUT2D eigenvalue weighted by molar-refractivity contribution is 4.84. The van der Waals surface area contributed by atoms with Gasteiger partial charge in [0.1, 0.15) is 0 Å². The highest BCUT2D eigenvalue weighted by Gasteiger charge is 2.74. The van der Waals surface area contributed by atoms with Crippen molar-refractivity contribution in [3.05, 3.63) is 0 Å². The van der Waals surface area contributed by atoms with E-state index in [1.165, 1.54) is 0 Å². The quantitative estimate of drug-likeness (QED) is 0.720. The molecule has 1 heterocycles. The van der Waals surface area contributed by atoms with Gasteiger partial charge in [-0.3, -0.25) is 0 Å². The molecule has 0 amide bonds. The van der Waals surface area contributed by atoms with Crippen LogP contribution in [0.3, 0.4) is 0 Å². The first-order chi connectivity index (χ1) is 8.58. The molecule has 19 heavy (non-hydrogen) atoms. The summed E-state index contributed by atoms with van der Waals surface area (Å²) in [6.07, 6.45) is -10.4. The van der Waals surface area contributed by atoms with Gasteiger partial charge < -0.3 is 9.47 Å². The Morgan fingerprint density at radius 2 is 1.63 bits per heavy atom. The van der Waals surface area contributed by atoms with E-state index in [9.17, 15) is 30.7 Å². The minimum Gasteiger partial charge on any atom is -0.378 e. The van der Waals surface area contributed by atoms with Crippen LogP contribution < -0.4 is 0 Å². The highest BCUT2D eigenvalue weighted by atomic mass is 19.4. The second-order valence-corrected chi connectivity index (χ2v) is 4.21. The summed E-state index contributed by atoms with van der Waals surface area (Å²) in [5.74, 6) is -6.21. The molecule has 0 aromatic carbocycles. The highest BCUT2D eigenvalue weighted by Crippen LogP contribution is 2.47. The number of rotatable bonds is 5. The molecular weight excluding hydrogens is 285 g/mol. The normalized spacial score (nSPS) is 22.6. The van der Waals surface area contributed by atoms with Crippen LogP contribution in [0.15, 0.2) is 0 Å². The summed E-state index contributed by atoms with van der Waals surface area (Å²) in [5.41, 5.74) is 0. The molecule has 0 N–H and O–H groups in total. The molecule has 1 aliphatic rings. The van der Waals surface area contributed by atoms with Crippen molar-refractivity contribution in [3.63, 3.8) is 0 Å². The Hall–Kier alpha value is -0.570. The molecule has 0 aromatic heterocycles. The zero-order valence-corrected chi connectivity index (χ0v) is 9.78. The average Bonchev–Trinajstić information content (AvgIpc) is 2.28. The van der Waals surface area contributed by atoms with E-state index < -0.39 is 30.9 Å². The van der Waals surface area contributed by atoms with E-state index in [1.54, 1.807) is 0 Å². The van der Waals surface area contributed by atoms with E-state index in [0.717, 1.165) is 12.8 Å². The largest absolute Gasteiger partial charge is 0.462 e. The van der Waals surface area contributed by atoms with E-state index in [0.29, 0.717) is 13.0 Å². The molecule has 0 spiro atoms. The van der Waals surface area contributed by atoms with Gasteiger partial charge >= 0.3 is 18.2 Å². The SMILES string of the molecule is FC(F)(F)C(F)(F)C(F)(F)OCCC1CCCCO1. The van der Waals surface area contributed by atoms with Crippen LogP contribution in [0.5, 0.6) is 0 Å². The van der Waals surface area contributed by atoms with Gasteiger partial charge in [-0.05, 0) is 25.7 Å². The van der Waals surface area contributed by atoms with E-state index in [2.05, 4.69) is 4.74 Å². The van der Waals surface area contributed by atoms with Crippen molar-refractivity contribution in [1.29, 1.82) is 0 Å². The summed E-state index contributed by atoms with van der Waals surface area (Å²) in [7, 11) is 0. The van der Waals surface area contributed by atoms with Gasteiger partial charge in [-0.2, -0.15) is 30.7 Å². The Morgan fingerprint density at radius 1 is 1.00 bits per heavy atom. The van der Waals surface area contributed by atoms with E-state index in [-0.39, 0.29) is 6.42 Å². The van der Waals surface area contributed by atoms with E-state index in [4.69, 9.17) is 4.74 Å². The molecule has 114 valence electrons. The van der Waals surface area contributed by atoms with Crippen LogP contribution in [0.4, 0.5) is 30.7 Å². The van der Waals surface area contributed by atoms with Crippen LogP contribution in [0, 0.1) is 0 Å². The maximum absolute atomic E-state index is 12.7. The molecule has 1 atom stereocenters. The predicted molar refractivity (Wildman–Crippen MR) is 50.1 cm³/mol. The fraction of sp³-hybridized carbons (Fsp3) is 1.00. The second kappa shape index (κ2) is 5.82. The average molecular weight is 298 g/mol. The van der Waals surface area contributed by atoms with Crippen molar-refractivity contribution in [2.24, 2.45) is 0 Å². The zero-order valence-electron chi connectivity index (χ0n) is 9.78. The first kappa shape index (κ1) is 16.5. The molecule has 0 radical (unpaired) electrons. The van der Waals surface area contributed by atoms with Crippen LogP contribution in [0.1, 0.15) is 25.7 Å². The first-order valence-corrected chi connectivity index (χ1v) is 5.66. The van der Waals surface area contributed by atoms with Crippen molar-refractivity contribution in [1.82, 2.24) is 0 Å². The van der Waals surface area contributed by atoms with Crippen molar-refractivity contribution < 1.29 is 40.2 Å². The Morgan fingerprint density at radius 3 is 2.11 bits per heavy atom. The molecule has 1 saturated heterocycles. The van der Waals surface area contributed by atoms with Gasteiger partial charge in [-0.1, -0.05) is 0 Å². The van der Waals surface area contributed by atoms with Gasteiger partial charge in [0.15, 0.2) is 0 Å². The number of ether oxygens (including phenoxy) is 2. The Kier molecular flexibility index (Phi) is 5.05. The zero-order chi connectivity index (χ0) is 14.7. The standard InChI is InChI=1S/C10H13F7O2/c11-8(12,9(13,14)15)10(16,17)19-6-4-7-3-1-2-5-18-7/h7H,1-6H2. The molecule has 1 fully saturated rings. The monoisotopic (exact) mass is 298 g/mol. The van der Waals surface area contributed by atoms with Gasteiger partial charge in [0, 0.05) is 6.61 Å². The fourth-order valence-electron chi connectivity index (χ4n) is 1.61. The third kappa shape index (κ3) is 3.95. The molecule has 0 aromatic rings. The lowest BCUT2D eigenvalue weighted by Crippen LogP contribution is -2.53. The Balaban J connectivity index is 2.45. The Labute approximate surface area is 104 Å². The summed E-state index contributed by atoms with van der Waals surface area (Å²) in [6, 6.07) is 0. The van der Waals surface area contributed by atoms with Crippen LogP contribution >= 0.6 is 0 Å². The number of hydrogen-bond acceptors (Lipinski definition) is 2. The minimum atomic E-state index is -6.36. The third-order valence-electron chi connectivity index (χ3n) is 2.72. The van der Waals surface area contributed by atoms with Crippen molar-refractivity contribution in [2.75, 3.05) is 13.2 Å². The Bertz CT molecular complexity index is 284. The van der Waals surface area contributed by atoms with Gasteiger partial charge in [0.05, 0.1) is 12.7 Å². The summed E-state index contributed by atoms with van der Waals surface area (Å²) >= 11 is 0. The third-order valence-corrected chi connectivity index (χ3v) is 2.72. The van der Waals surface area contributed by atoms with Crippen LogP contribution in [0.25, 0.3) is 0 Å². The van der Waals surface area contributed by atoms with Crippen molar-refractivity contribution in [3.8, 4) is 0 Å². The smallest absolute Gasteiger partial charge is 0.378 e. The summed E-state index contributed by atoms with van der Waals surface area (Å²) < 4.78 is 94.2. The molecule has 1 unspecified atom stereocenters. The molecule has 0 aliphatic carbocycles. The van der Waals surface area contributed by atoms with Crippen LogP contribution in [0.2, 0.25) is 0 Å². The molecule has 2 nitrogen and oxygen atoms in total. The van der Waals surface area contributed by atoms with Gasteiger partial charge in [-0.15, -0.1) is 0 Å². The van der Waals surface area contributed by atoms with Gasteiger partial charge in [-0.25, -0.2) is 0 Å². The van der Waals surface area contributed by atoms with Gasteiger partial charge in [0.25, 0.3) is 0 Å². The van der Waals surface area contributed by atoms with Crippen LogP contribution in [-0.2, 0) is 9.47 Å². The molecule has 0 bridgehead atoms. The number of halogens is 7. The lowest BCUT2D eigenvalue weighted by molar-refractivity contribution is -0.424. The molecule has 9 heteroatoms. The van der Waals surface area contributed by atoms with E-state index in [1.807, 2.05) is 0 Å². The topological polar surface area (TPSA) is 18.5 Å². The molecule has 1 rings (SSSR count). The van der Waals surface area contributed by atoms with Gasteiger partial charge in [0.2, 0.25) is 0 Å². The second-order valence-electron chi connectivity index (χ2n) is 4.21. The number of hydrogen-bond donors (Lipinski definition) is 0. The maximum Gasteiger partial charge on any atom is 0.462 e. The summed E-state index contributed by atoms with van der Waals surface area (Å²) in [4.78, 5) is 0. The lowest BCUT2D eigenvalue weighted by atomic mass is 10.1. The molecule has 1 aliphatic heterocycles. The first-order valence-electron chi connectivity index (χ1n) is 5.66. The minimum absolute atomic E-state index is 0.149. The van der Waals surface area contributed by atoms with E-state index >= 15 is 0 Å². The summed E-state index contributed by atoms with van der Waals surface area (Å²) in [6.45, 7) is -0.511. The lowest BCUT2D eigenvalue weighted by Gasteiger charge is -2.28. The summed E-state index contributed by atoms with van der Waals surface area (Å²) in [5, 5.41) is 0. The van der Waals surface area contributed by atoms with Crippen molar-refractivity contribution in [2.45, 2.75) is 50.0 Å². The maximum atomic E-state index is 12.7. The molecule has 0 saturated carbocycles. The molecular formula is C10H13F7O2. The van der Waals surface area contributed by atoms with Crippen LogP contribution in [-0.4, -0.2) is 37.5 Å². The van der Waals surface area contributed by atoms with Crippen molar-refractivity contribution >= 4 is 0 Å². The fourth-order valence-corrected chi connectivity index (χ4v) is 1.61. The predicted octanol–water partition coefficient (Wildman–Crippen LogP) is 3.75.